The van der Waals surface area contributed by atoms with Crippen LogP contribution in [0.5, 0.6) is 0 Å². The summed E-state index contributed by atoms with van der Waals surface area (Å²) >= 11 is 5.87. The molecule has 19 nitrogen and oxygen atoms in total. The number of piperazine rings is 2. The number of nitrogens with zero attached hydrogens (tertiary/aromatic N) is 6. The van der Waals surface area contributed by atoms with Gasteiger partial charge in [-0.3, -0.25) is 4.79 Å². The monoisotopic (exact) mass is 1070 g/mol. The van der Waals surface area contributed by atoms with Crippen LogP contribution in [0.1, 0.15) is 83.2 Å². The van der Waals surface area contributed by atoms with Crippen molar-refractivity contribution < 1.29 is 52.8 Å². The van der Waals surface area contributed by atoms with Crippen LogP contribution in [0.3, 0.4) is 0 Å². The van der Waals surface area contributed by atoms with Gasteiger partial charge < -0.3 is 54.7 Å². The van der Waals surface area contributed by atoms with Gasteiger partial charge >= 0.3 is 30.1 Å². The zero-order valence-corrected chi connectivity index (χ0v) is 44.9. The van der Waals surface area contributed by atoms with Crippen LogP contribution in [0.4, 0.5) is 32.3 Å². The number of thiophene rings is 2. The number of carbonyl (C=O) groups is 6. The van der Waals surface area contributed by atoms with E-state index < -0.39 is 29.1 Å². The van der Waals surface area contributed by atoms with Crippen LogP contribution in [0, 0.1) is 0 Å². The summed E-state index contributed by atoms with van der Waals surface area (Å²) in [6.45, 7) is 15.5. The summed E-state index contributed by atoms with van der Waals surface area (Å²) in [5.41, 5.74) is 8.76. The predicted molar refractivity (Wildman–Crippen MR) is 286 cm³/mol. The van der Waals surface area contributed by atoms with E-state index in [1.807, 2.05) is 82.6 Å². The highest BCUT2D eigenvalue weighted by molar-refractivity contribution is 7.20. The van der Waals surface area contributed by atoms with Gasteiger partial charge in [0.05, 0.1) is 57.9 Å². The van der Waals surface area contributed by atoms with Crippen molar-refractivity contribution in [2.75, 3.05) is 87.4 Å². The van der Waals surface area contributed by atoms with Crippen LogP contribution in [0.2, 0.25) is 0 Å². The van der Waals surface area contributed by atoms with Gasteiger partial charge in [-0.05, 0) is 101 Å². The number of hydrogen-bond donors (Lipinski definition) is 3. The SMILES string of the molecule is COC(=O)c1ccc(N2CCN(C(=O)OC(C)(C)C)CC2)c(N)c1.COC(=O)c1ccc(N2CCN(C(=O)OC(C)(C)C)CC2)c(NC(=O)c2csc(-c3cccs3)n2)c1.O=C(O)c1csc(-c2cccs2)n1. The number of hydrogen-bond acceptors (Lipinski definition) is 19. The van der Waals surface area contributed by atoms with E-state index in [0.29, 0.717) is 80.6 Å². The minimum atomic E-state index is -0.973. The molecule has 8 rings (SSSR count). The smallest absolute Gasteiger partial charge is 0.410 e. The van der Waals surface area contributed by atoms with Gasteiger partial charge in [0.25, 0.3) is 5.91 Å². The molecule has 388 valence electrons. The van der Waals surface area contributed by atoms with Crippen molar-refractivity contribution in [3.8, 4) is 19.8 Å². The third-order valence-electron chi connectivity index (χ3n) is 10.6. The largest absolute Gasteiger partial charge is 0.476 e. The summed E-state index contributed by atoms with van der Waals surface area (Å²) in [5.74, 6) is -2.26. The number of anilines is 4. The Balaban J connectivity index is 0.000000200. The van der Waals surface area contributed by atoms with E-state index in [0.717, 1.165) is 31.1 Å². The topological polar surface area (TPSA) is 236 Å². The first-order valence-electron chi connectivity index (χ1n) is 22.8. The number of methoxy groups -OCH3 is 2. The second-order valence-electron chi connectivity index (χ2n) is 18.2. The summed E-state index contributed by atoms with van der Waals surface area (Å²) in [4.78, 5) is 89.8. The Bertz CT molecular complexity index is 2860. The number of ether oxygens (including phenoxy) is 4. The lowest BCUT2D eigenvalue weighted by Crippen LogP contribution is -2.50. The maximum absolute atomic E-state index is 13.1. The number of rotatable bonds is 9. The number of benzene rings is 2. The molecule has 6 heterocycles. The van der Waals surface area contributed by atoms with Crippen molar-refractivity contribution in [1.29, 1.82) is 0 Å². The molecule has 4 N–H and O–H groups in total. The molecule has 2 aliphatic rings. The van der Waals surface area contributed by atoms with Crippen LogP contribution in [0.15, 0.2) is 82.2 Å². The Labute approximate surface area is 439 Å². The summed E-state index contributed by atoms with van der Waals surface area (Å²) in [6, 6.07) is 17.9. The van der Waals surface area contributed by atoms with Gasteiger partial charge in [-0.15, -0.1) is 45.3 Å². The highest BCUT2D eigenvalue weighted by Crippen LogP contribution is 2.33. The number of thiazole rings is 2. The van der Waals surface area contributed by atoms with E-state index in [9.17, 15) is 28.8 Å². The van der Waals surface area contributed by atoms with E-state index in [4.69, 9.17) is 29.8 Å². The van der Waals surface area contributed by atoms with Crippen LogP contribution in [-0.2, 0) is 18.9 Å². The molecular weight excluding hydrogens is 1020 g/mol. The number of carbonyl (C=O) groups excluding carboxylic acids is 5. The van der Waals surface area contributed by atoms with Crippen LogP contribution in [0.25, 0.3) is 19.8 Å². The van der Waals surface area contributed by atoms with Crippen molar-refractivity contribution in [2.45, 2.75) is 52.7 Å². The molecule has 23 heteroatoms. The van der Waals surface area contributed by atoms with Gasteiger partial charge in [0, 0.05) is 63.1 Å². The Morgan fingerprint density at radius 3 is 1.45 bits per heavy atom. The molecule has 0 saturated carbocycles. The zero-order chi connectivity index (χ0) is 53.0. The fourth-order valence-electron chi connectivity index (χ4n) is 7.12. The number of nitrogens with one attached hydrogen (secondary N) is 1. The summed E-state index contributed by atoms with van der Waals surface area (Å²) in [5, 5.41) is 20.3. The highest BCUT2D eigenvalue weighted by atomic mass is 32.1. The Hall–Kier alpha value is -7.08. The molecule has 73 heavy (non-hydrogen) atoms. The number of nitrogen functional groups attached to an aromatic ring is 1. The fourth-order valence-corrected chi connectivity index (χ4v) is 10.3. The second-order valence-corrected chi connectivity index (χ2v) is 21.8. The molecule has 0 atom stereocenters. The molecule has 0 spiro atoms. The van der Waals surface area contributed by atoms with E-state index in [2.05, 4.69) is 25.1 Å². The van der Waals surface area contributed by atoms with Crippen LogP contribution in [-0.4, -0.2) is 139 Å². The van der Waals surface area contributed by atoms with E-state index in [1.165, 1.54) is 36.9 Å². The molecule has 2 saturated heterocycles. The normalized spacial score (nSPS) is 13.6. The van der Waals surface area contributed by atoms with Gasteiger partial charge in [0.15, 0.2) is 5.69 Å². The van der Waals surface area contributed by atoms with Gasteiger partial charge in [-0.1, -0.05) is 12.1 Å². The molecule has 4 aromatic heterocycles. The maximum atomic E-state index is 13.1. The number of aromatic carboxylic acids is 1. The number of esters is 2. The number of nitrogens with two attached hydrogens (primary N) is 1. The standard InChI is InChI=1S/C25H28N4O5S2.C17H25N3O4.C8H5NO2S2/c1-25(2,3)34-24(32)29-11-9-28(10-12-29)19-8-7-16(23(31)33-4)14-17(19)26-21(30)18-15-36-22(27-18)20-6-5-13-35-20;1-17(2,3)24-16(22)20-9-7-19(8-10-20)14-6-5-12(11-13(14)18)15(21)23-4;10-8(11)5-4-13-7(9-5)6-2-1-3-12-6/h5-8,13-15H,9-12H2,1-4H3,(H,26,30);5-6,11H,7-10,18H2,1-4H3;1-4H,(H,10,11). The minimum absolute atomic E-state index is 0.119. The molecule has 3 amide bonds. The lowest BCUT2D eigenvalue weighted by atomic mass is 10.1. The molecule has 6 aromatic rings. The van der Waals surface area contributed by atoms with Gasteiger partial charge in [0.2, 0.25) is 0 Å². The van der Waals surface area contributed by atoms with E-state index in [-0.39, 0.29) is 23.8 Å². The lowest BCUT2D eigenvalue weighted by molar-refractivity contribution is 0.0230. The molecule has 0 unspecified atom stereocenters. The molecule has 2 fully saturated rings. The van der Waals surface area contributed by atoms with Gasteiger partial charge in [-0.2, -0.15) is 0 Å². The zero-order valence-electron chi connectivity index (χ0n) is 41.7. The maximum Gasteiger partial charge on any atom is 0.410 e. The van der Waals surface area contributed by atoms with E-state index >= 15 is 0 Å². The summed E-state index contributed by atoms with van der Waals surface area (Å²) in [7, 11) is 2.65. The first kappa shape index (κ1) is 55.2. The van der Waals surface area contributed by atoms with Crippen molar-refractivity contribution in [3.63, 3.8) is 0 Å². The minimum Gasteiger partial charge on any atom is -0.476 e. The van der Waals surface area contributed by atoms with Crippen molar-refractivity contribution in [1.82, 2.24) is 19.8 Å². The molecular formula is C50H58N8O11S4. The quantitative estimate of drug-likeness (QED) is 0.0694. The Morgan fingerprint density at radius 1 is 0.603 bits per heavy atom. The molecule has 0 aliphatic carbocycles. The number of aromatic nitrogens is 2. The second kappa shape index (κ2) is 24.6. The summed E-state index contributed by atoms with van der Waals surface area (Å²) < 4.78 is 20.4. The Morgan fingerprint density at radius 2 is 1.04 bits per heavy atom. The molecule has 2 aliphatic heterocycles. The average Bonchev–Trinajstić information content (AvgIpc) is 4.22. The van der Waals surface area contributed by atoms with E-state index in [1.54, 1.807) is 73.6 Å². The van der Waals surface area contributed by atoms with Gasteiger partial charge in [0.1, 0.15) is 26.9 Å². The first-order chi connectivity index (χ1) is 34.6. The van der Waals surface area contributed by atoms with Crippen LogP contribution < -0.4 is 20.9 Å². The third kappa shape index (κ3) is 15.5. The third-order valence-corrected chi connectivity index (χ3v) is 14.3. The predicted octanol–water partition coefficient (Wildman–Crippen LogP) is 9.65. The van der Waals surface area contributed by atoms with Crippen molar-refractivity contribution >= 4 is 104 Å². The number of carboxylic acids is 1. The van der Waals surface area contributed by atoms with Crippen molar-refractivity contribution in [2.24, 2.45) is 0 Å². The molecule has 0 radical (unpaired) electrons. The molecule has 2 aromatic carbocycles. The average molecular weight is 1080 g/mol. The fraction of sp³-hybridized carbons (Fsp3) is 0.360. The number of amides is 3. The Kier molecular flexibility index (Phi) is 18.6. The highest BCUT2D eigenvalue weighted by Gasteiger charge is 2.29. The number of carboxylic acid groups (broad SMARTS) is 1. The summed E-state index contributed by atoms with van der Waals surface area (Å²) in [6.07, 6.45) is -0.641. The van der Waals surface area contributed by atoms with Gasteiger partial charge in [-0.25, -0.2) is 33.9 Å². The first-order valence-corrected chi connectivity index (χ1v) is 26.3. The van der Waals surface area contributed by atoms with Crippen molar-refractivity contribution in [3.05, 3.63) is 105 Å². The van der Waals surface area contributed by atoms with Crippen LogP contribution >= 0.6 is 45.3 Å². The molecule has 0 bridgehead atoms. The lowest BCUT2D eigenvalue weighted by Gasteiger charge is -2.37.